The number of allylic oxidation sites excluding steroid dienone is 1. The van der Waals surface area contributed by atoms with E-state index in [1.54, 1.807) is 0 Å². The van der Waals surface area contributed by atoms with Crippen LogP contribution in [-0.4, -0.2) is 0 Å². The summed E-state index contributed by atoms with van der Waals surface area (Å²) in [5.41, 5.74) is 1.13. The second kappa shape index (κ2) is 5.92. The first-order valence-electron chi connectivity index (χ1n) is 5.99. The topological polar surface area (TPSA) is 0 Å². The van der Waals surface area contributed by atoms with E-state index in [1.807, 2.05) is 6.08 Å². The van der Waals surface area contributed by atoms with Crippen LogP contribution in [-0.2, 0) is 0 Å². The van der Waals surface area contributed by atoms with E-state index in [-0.39, 0.29) is 0 Å². The van der Waals surface area contributed by atoms with Crippen molar-refractivity contribution in [3.8, 4) is 11.8 Å². The fraction of sp³-hybridized carbons (Fsp3) is 0.176. The lowest BCUT2D eigenvalue weighted by molar-refractivity contribution is 0.887. The summed E-state index contributed by atoms with van der Waals surface area (Å²) in [6, 6.07) is 14.6. The highest BCUT2D eigenvalue weighted by Crippen LogP contribution is 2.17. The molecule has 0 bridgehead atoms. The summed E-state index contributed by atoms with van der Waals surface area (Å²) in [6.45, 7) is 3.71. The van der Waals surface area contributed by atoms with Gasteiger partial charge < -0.3 is 0 Å². The second-order valence-corrected chi connectivity index (χ2v) is 4.01. The fourth-order valence-corrected chi connectivity index (χ4v) is 1.83. The van der Waals surface area contributed by atoms with Gasteiger partial charge in [0.2, 0.25) is 0 Å². The van der Waals surface area contributed by atoms with Crippen LogP contribution in [0, 0.1) is 11.8 Å². The standard InChI is InChI=1S/C17H16/c1-2-3-4-5-6-10-15-12-9-13-16-11-7-8-14-17(15)16/h2,7-9,11-14H,1,3-5H2. The van der Waals surface area contributed by atoms with Crippen molar-refractivity contribution in [2.45, 2.75) is 19.3 Å². The molecule has 0 aliphatic carbocycles. The Bertz CT molecular complexity index is 562. The molecule has 0 fully saturated rings. The number of fused-ring (bicyclic) bond motifs is 1. The van der Waals surface area contributed by atoms with Gasteiger partial charge in [0.25, 0.3) is 0 Å². The zero-order valence-corrected chi connectivity index (χ0v) is 9.95. The monoisotopic (exact) mass is 220 g/mol. The minimum Gasteiger partial charge on any atom is -0.103 e. The van der Waals surface area contributed by atoms with E-state index >= 15 is 0 Å². The molecule has 0 aromatic heterocycles. The predicted molar refractivity (Wildman–Crippen MR) is 74.9 cm³/mol. The molecular formula is C17H16. The molecule has 0 aliphatic rings. The summed E-state index contributed by atoms with van der Waals surface area (Å²) >= 11 is 0. The molecule has 0 heterocycles. The van der Waals surface area contributed by atoms with Gasteiger partial charge in [0, 0.05) is 12.0 Å². The number of unbranched alkanes of at least 4 members (excludes halogenated alkanes) is 2. The first kappa shape index (κ1) is 11.5. The Morgan fingerprint density at radius 1 is 1.06 bits per heavy atom. The van der Waals surface area contributed by atoms with Crippen molar-refractivity contribution in [3.63, 3.8) is 0 Å². The molecule has 0 aliphatic heterocycles. The molecule has 0 heteroatoms. The van der Waals surface area contributed by atoms with Crippen molar-refractivity contribution in [1.82, 2.24) is 0 Å². The lowest BCUT2D eigenvalue weighted by Gasteiger charge is -1.99. The summed E-state index contributed by atoms with van der Waals surface area (Å²) in [6.07, 6.45) is 5.03. The second-order valence-electron chi connectivity index (χ2n) is 4.01. The van der Waals surface area contributed by atoms with Crippen molar-refractivity contribution >= 4 is 10.8 Å². The summed E-state index contributed by atoms with van der Waals surface area (Å²) in [5, 5.41) is 2.50. The maximum atomic E-state index is 3.71. The molecular weight excluding hydrogens is 204 g/mol. The molecule has 2 aromatic rings. The fourth-order valence-electron chi connectivity index (χ4n) is 1.83. The summed E-state index contributed by atoms with van der Waals surface area (Å²) in [7, 11) is 0. The van der Waals surface area contributed by atoms with E-state index in [4.69, 9.17) is 0 Å². The lowest BCUT2D eigenvalue weighted by Crippen LogP contribution is -1.79. The smallest absolute Gasteiger partial charge is 0.0323 e. The normalized spacial score (nSPS) is 9.65. The highest BCUT2D eigenvalue weighted by molar-refractivity contribution is 5.88. The van der Waals surface area contributed by atoms with Crippen LogP contribution in [0.5, 0.6) is 0 Å². The Morgan fingerprint density at radius 2 is 1.88 bits per heavy atom. The van der Waals surface area contributed by atoms with Gasteiger partial charge in [0.15, 0.2) is 0 Å². The number of hydrogen-bond donors (Lipinski definition) is 0. The lowest BCUT2D eigenvalue weighted by atomic mass is 10.0. The SMILES string of the molecule is C=CCCCC#Cc1cccc2ccccc12. The highest BCUT2D eigenvalue weighted by atomic mass is 14.0. The van der Waals surface area contributed by atoms with Crippen LogP contribution < -0.4 is 0 Å². The van der Waals surface area contributed by atoms with Gasteiger partial charge in [-0.3, -0.25) is 0 Å². The van der Waals surface area contributed by atoms with Crippen molar-refractivity contribution < 1.29 is 0 Å². The van der Waals surface area contributed by atoms with E-state index in [9.17, 15) is 0 Å². The summed E-state index contributed by atoms with van der Waals surface area (Å²) < 4.78 is 0. The quantitative estimate of drug-likeness (QED) is 0.404. The van der Waals surface area contributed by atoms with Crippen LogP contribution in [0.25, 0.3) is 10.8 Å². The Hall–Kier alpha value is -2.00. The average molecular weight is 220 g/mol. The van der Waals surface area contributed by atoms with E-state index in [2.05, 4.69) is 60.9 Å². The van der Waals surface area contributed by atoms with Gasteiger partial charge >= 0.3 is 0 Å². The molecule has 17 heavy (non-hydrogen) atoms. The average Bonchev–Trinajstić information content (AvgIpc) is 2.39. The number of hydrogen-bond acceptors (Lipinski definition) is 0. The van der Waals surface area contributed by atoms with Gasteiger partial charge in [-0.15, -0.1) is 6.58 Å². The molecule has 0 N–H and O–H groups in total. The third-order valence-electron chi connectivity index (χ3n) is 2.72. The summed E-state index contributed by atoms with van der Waals surface area (Å²) in [4.78, 5) is 0. The maximum Gasteiger partial charge on any atom is 0.0323 e. The van der Waals surface area contributed by atoms with E-state index in [1.165, 1.54) is 10.8 Å². The van der Waals surface area contributed by atoms with Crippen LogP contribution in [0.4, 0.5) is 0 Å². The molecule has 0 saturated heterocycles. The zero-order valence-electron chi connectivity index (χ0n) is 9.95. The Labute approximate surface area is 103 Å². The molecule has 0 saturated carbocycles. The number of rotatable bonds is 3. The number of benzene rings is 2. The van der Waals surface area contributed by atoms with Gasteiger partial charge in [-0.1, -0.05) is 54.3 Å². The van der Waals surface area contributed by atoms with Crippen LogP contribution in [0.15, 0.2) is 55.1 Å². The van der Waals surface area contributed by atoms with Crippen LogP contribution in [0.3, 0.4) is 0 Å². The molecule has 0 unspecified atom stereocenters. The van der Waals surface area contributed by atoms with Gasteiger partial charge in [0.05, 0.1) is 0 Å². The Kier molecular flexibility index (Phi) is 4.00. The van der Waals surface area contributed by atoms with E-state index in [0.29, 0.717) is 0 Å². The molecule has 0 amide bonds. The van der Waals surface area contributed by atoms with Gasteiger partial charge in [-0.25, -0.2) is 0 Å². The third kappa shape index (κ3) is 2.98. The van der Waals surface area contributed by atoms with Crippen molar-refractivity contribution in [2.24, 2.45) is 0 Å². The van der Waals surface area contributed by atoms with Gasteiger partial charge in [0.1, 0.15) is 0 Å². The van der Waals surface area contributed by atoms with Crippen molar-refractivity contribution in [3.05, 3.63) is 60.7 Å². The van der Waals surface area contributed by atoms with Crippen LogP contribution >= 0.6 is 0 Å². The van der Waals surface area contributed by atoms with Crippen LogP contribution in [0.1, 0.15) is 24.8 Å². The molecule has 0 radical (unpaired) electrons. The molecule has 0 nitrogen and oxygen atoms in total. The first-order valence-corrected chi connectivity index (χ1v) is 5.99. The third-order valence-corrected chi connectivity index (χ3v) is 2.72. The Morgan fingerprint density at radius 3 is 2.76 bits per heavy atom. The van der Waals surface area contributed by atoms with Gasteiger partial charge in [-0.05, 0) is 29.7 Å². The molecule has 0 atom stereocenters. The minimum absolute atomic E-state index is 0.940. The van der Waals surface area contributed by atoms with E-state index in [0.717, 1.165) is 24.8 Å². The maximum absolute atomic E-state index is 3.71. The predicted octanol–water partition coefficient (Wildman–Crippen LogP) is 4.55. The molecule has 2 aromatic carbocycles. The highest BCUT2D eigenvalue weighted by Gasteiger charge is 1.95. The van der Waals surface area contributed by atoms with Crippen LogP contribution in [0.2, 0.25) is 0 Å². The van der Waals surface area contributed by atoms with E-state index < -0.39 is 0 Å². The largest absolute Gasteiger partial charge is 0.103 e. The Balaban J connectivity index is 2.20. The molecule has 0 spiro atoms. The summed E-state index contributed by atoms with van der Waals surface area (Å²) in [5.74, 6) is 6.49. The molecule has 2 rings (SSSR count). The van der Waals surface area contributed by atoms with Crippen molar-refractivity contribution in [2.75, 3.05) is 0 Å². The van der Waals surface area contributed by atoms with Gasteiger partial charge in [-0.2, -0.15) is 0 Å². The zero-order chi connectivity index (χ0) is 11.9. The van der Waals surface area contributed by atoms with Crippen molar-refractivity contribution in [1.29, 1.82) is 0 Å². The minimum atomic E-state index is 0.940. The first-order chi connectivity index (χ1) is 8.42. The molecule has 84 valence electrons.